The van der Waals surface area contributed by atoms with Crippen molar-refractivity contribution in [3.05, 3.63) is 61.4 Å². The van der Waals surface area contributed by atoms with E-state index in [2.05, 4.69) is 10.1 Å². The molecule has 3 aromatic rings. The zero-order chi connectivity index (χ0) is 15.7. The number of aryl methyl sites for hydroxylation is 2. The van der Waals surface area contributed by atoms with E-state index in [-0.39, 0.29) is 10.8 Å². The summed E-state index contributed by atoms with van der Waals surface area (Å²) in [6.45, 7) is 0. The molecule has 0 radical (unpaired) electrons. The van der Waals surface area contributed by atoms with Gasteiger partial charge in [-0.3, -0.25) is 14.9 Å². The molecule has 3 rings (SSSR count). The van der Waals surface area contributed by atoms with E-state index < -0.39 is 16.2 Å². The van der Waals surface area contributed by atoms with Gasteiger partial charge >= 0.3 is 11.2 Å². The second-order valence-corrected chi connectivity index (χ2v) is 5.62. The van der Waals surface area contributed by atoms with Gasteiger partial charge in [0, 0.05) is 6.42 Å². The number of nitro groups is 1. The third-order valence-corrected chi connectivity index (χ3v) is 4.08. The number of nitrogens with two attached hydrogens (primary N) is 1. The molecule has 2 heterocycles. The van der Waals surface area contributed by atoms with Crippen LogP contribution in [-0.2, 0) is 12.8 Å². The first-order valence-corrected chi connectivity index (χ1v) is 7.24. The lowest BCUT2D eigenvalue weighted by molar-refractivity contribution is -0.385. The molecule has 0 fully saturated rings. The number of fused-ring (bicyclic) bond motifs is 1. The molecule has 0 saturated carbocycles. The summed E-state index contributed by atoms with van der Waals surface area (Å²) < 4.78 is 0.944. The fourth-order valence-electron chi connectivity index (χ4n) is 2.06. The fourth-order valence-corrected chi connectivity index (χ4v) is 2.95. The van der Waals surface area contributed by atoms with Crippen molar-refractivity contribution < 1.29 is 4.92 Å². The summed E-state index contributed by atoms with van der Waals surface area (Å²) in [4.78, 5) is 26.2. The van der Waals surface area contributed by atoms with Gasteiger partial charge in [0.1, 0.15) is 5.01 Å². The summed E-state index contributed by atoms with van der Waals surface area (Å²) >= 11 is 1.20. The molecule has 2 N–H and O–H groups in total. The van der Waals surface area contributed by atoms with Crippen LogP contribution in [-0.4, -0.2) is 19.5 Å². The first kappa shape index (κ1) is 14.1. The highest BCUT2D eigenvalue weighted by molar-refractivity contribution is 7.16. The minimum absolute atomic E-state index is 0.260. The van der Waals surface area contributed by atoms with Gasteiger partial charge in [-0.25, -0.2) is 0 Å². The van der Waals surface area contributed by atoms with Crippen molar-refractivity contribution in [2.45, 2.75) is 12.8 Å². The highest BCUT2D eigenvalue weighted by Gasteiger charge is 2.23. The number of nitrogen functional groups attached to an aromatic ring is 1. The number of hydrogen-bond acceptors (Lipinski definition) is 7. The maximum absolute atomic E-state index is 12.0. The van der Waals surface area contributed by atoms with Crippen LogP contribution < -0.4 is 11.3 Å². The molecule has 0 atom stereocenters. The maximum atomic E-state index is 12.0. The molecule has 9 heteroatoms. The van der Waals surface area contributed by atoms with Crippen molar-refractivity contribution in [1.29, 1.82) is 0 Å². The summed E-state index contributed by atoms with van der Waals surface area (Å²) in [5, 5.41) is 15.6. The molecular formula is C13H11N5O3S. The zero-order valence-corrected chi connectivity index (χ0v) is 12.1. The van der Waals surface area contributed by atoms with E-state index in [9.17, 15) is 14.9 Å². The lowest BCUT2D eigenvalue weighted by Gasteiger charge is -1.96. The number of rotatable bonds is 4. The maximum Gasteiger partial charge on any atom is 0.377 e. The van der Waals surface area contributed by atoms with Crippen LogP contribution in [0, 0.1) is 10.1 Å². The average molecular weight is 317 g/mol. The lowest BCUT2D eigenvalue weighted by Crippen LogP contribution is -2.20. The van der Waals surface area contributed by atoms with Crippen LogP contribution in [0.5, 0.6) is 0 Å². The van der Waals surface area contributed by atoms with E-state index in [1.807, 2.05) is 30.3 Å². The fraction of sp³-hybridized carbons (Fsp3) is 0.154. The Morgan fingerprint density at radius 3 is 2.68 bits per heavy atom. The summed E-state index contributed by atoms with van der Waals surface area (Å²) in [5.41, 5.74) is 5.03. The Morgan fingerprint density at radius 2 is 2.00 bits per heavy atom. The van der Waals surface area contributed by atoms with E-state index in [4.69, 9.17) is 5.73 Å². The Hall–Kier alpha value is -2.81. The molecule has 0 aliphatic rings. The highest BCUT2D eigenvalue weighted by Crippen LogP contribution is 2.19. The predicted molar refractivity (Wildman–Crippen MR) is 82.1 cm³/mol. The van der Waals surface area contributed by atoms with Crippen LogP contribution in [0.25, 0.3) is 4.96 Å². The quantitative estimate of drug-likeness (QED) is 0.574. The van der Waals surface area contributed by atoms with Crippen LogP contribution in [0.1, 0.15) is 10.6 Å². The van der Waals surface area contributed by atoms with Gasteiger partial charge in [0.05, 0.1) is 4.92 Å². The summed E-state index contributed by atoms with van der Waals surface area (Å²) in [6.07, 6.45) is 1.37. The Bertz CT molecular complexity index is 903. The number of aromatic nitrogens is 3. The topological polar surface area (TPSA) is 116 Å². The minimum Gasteiger partial charge on any atom is -0.378 e. The van der Waals surface area contributed by atoms with Gasteiger partial charge in [0.25, 0.3) is 0 Å². The van der Waals surface area contributed by atoms with E-state index in [1.165, 1.54) is 11.3 Å². The van der Waals surface area contributed by atoms with Crippen LogP contribution >= 0.6 is 11.3 Å². The van der Waals surface area contributed by atoms with Gasteiger partial charge in [-0.15, -0.1) is 0 Å². The molecule has 0 unspecified atom stereocenters. The monoisotopic (exact) mass is 317 g/mol. The SMILES string of the molecule is Nc1nc2sc(CCc3ccccc3)nn2c(=O)c1[N+](=O)[O-]. The van der Waals surface area contributed by atoms with E-state index in [0.29, 0.717) is 11.4 Å². The van der Waals surface area contributed by atoms with Crippen molar-refractivity contribution in [2.24, 2.45) is 0 Å². The summed E-state index contributed by atoms with van der Waals surface area (Å²) in [5.74, 6) is -0.381. The van der Waals surface area contributed by atoms with E-state index in [1.54, 1.807) is 0 Å². The largest absolute Gasteiger partial charge is 0.378 e. The second-order valence-electron chi connectivity index (χ2n) is 4.58. The van der Waals surface area contributed by atoms with Crippen molar-refractivity contribution in [3.63, 3.8) is 0 Å². The average Bonchev–Trinajstić information content (AvgIpc) is 2.89. The molecule has 0 aliphatic heterocycles. The van der Waals surface area contributed by atoms with Crippen LogP contribution in [0.2, 0.25) is 0 Å². The zero-order valence-electron chi connectivity index (χ0n) is 11.3. The molecule has 1 aromatic carbocycles. The molecular weight excluding hydrogens is 306 g/mol. The number of anilines is 1. The van der Waals surface area contributed by atoms with Crippen LogP contribution in [0.3, 0.4) is 0 Å². The summed E-state index contributed by atoms with van der Waals surface area (Å²) in [7, 11) is 0. The molecule has 0 saturated heterocycles. The van der Waals surface area contributed by atoms with Crippen molar-refractivity contribution in [3.8, 4) is 0 Å². The Morgan fingerprint density at radius 1 is 1.27 bits per heavy atom. The van der Waals surface area contributed by atoms with Gasteiger partial charge in [-0.05, 0) is 12.0 Å². The molecule has 22 heavy (non-hydrogen) atoms. The summed E-state index contributed by atoms with van der Waals surface area (Å²) in [6, 6.07) is 9.83. The molecule has 112 valence electrons. The van der Waals surface area contributed by atoms with Gasteiger partial charge < -0.3 is 5.73 Å². The number of nitrogens with zero attached hydrogens (tertiary/aromatic N) is 4. The Kier molecular flexibility index (Phi) is 3.55. The van der Waals surface area contributed by atoms with Crippen LogP contribution in [0.15, 0.2) is 35.1 Å². The molecule has 0 bridgehead atoms. The smallest absolute Gasteiger partial charge is 0.377 e. The minimum atomic E-state index is -0.852. The molecule has 0 amide bonds. The van der Waals surface area contributed by atoms with Crippen molar-refractivity contribution in [2.75, 3.05) is 5.73 Å². The van der Waals surface area contributed by atoms with Crippen LogP contribution in [0.4, 0.5) is 11.5 Å². The second kappa shape index (κ2) is 5.53. The normalized spacial score (nSPS) is 10.9. The third kappa shape index (κ3) is 2.53. The van der Waals surface area contributed by atoms with Gasteiger partial charge in [-0.2, -0.15) is 14.6 Å². The predicted octanol–water partition coefficient (Wildman–Crippen LogP) is 1.43. The Labute approximate surface area is 128 Å². The van der Waals surface area contributed by atoms with Gasteiger partial charge in [0.2, 0.25) is 10.8 Å². The third-order valence-electron chi connectivity index (χ3n) is 3.11. The molecule has 2 aromatic heterocycles. The lowest BCUT2D eigenvalue weighted by atomic mass is 10.1. The first-order valence-electron chi connectivity index (χ1n) is 6.43. The van der Waals surface area contributed by atoms with E-state index in [0.717, 1.165) is 16.5 Å². The number of benzene rings is 1. The van der Waals surface area contributed by atoms with E-state index >= 15 is 0 Å². The molecule has 8 nitrogen and oxygen atoms in total. The van der Waals surface area contributed by atoms with Gasteiger partial charge in [-0.1, -0.05) is 41.7 Å². The standard InChI is InChI=1S/C13H11N5O3S/c14-11-10(18(20)21)12(19)17-13(15-11)22-9(16-17)7-6-8-4-2-1-3-5-8/h1-5H,6-7,14H2. The molecule has 0 aliphatic carbocycles. The Balaban J connectivity index is 1.95. The number of hydrogen-bond donors (Lipinski definition) is 1. The highest BCUT2D eigenvalue weighted by atomic mass is 32.1. The van der Waals surface area contributed by atoms with Crippen molar-refractivity contribution >= 4 is 27.8 Å². The molecule has 0 spiro atoms. The van der Waals surface area contributed by atoms with Gasteiger partial charge in [0.15, 0.2) is 0 Å². The first-order chi connectivity index (χ1) is 10.6. The van der Waals surface area contributed by atoms with Crippen molar-refractivity contribution in [1.82, 2.24) is 14.6 Å².